The van der Waals surface area contributed by atoms with Crippen molar-refractivity contribution in [3.63, 3.8) is 0 Å². The predicted molar refractivity (Wildman–Crippen MR) is 92.1 cm³/mol. The zero-order valence-corrected chi connectivity index (χ0v) is 14.6. The third kappa shape index (κ3) is 4.79. The lowest BCUT2D eigenvalue weighted by Crippen LogP contribution is -2.51. The van der Waals surface area contributed by atoms with Crippen LogP contribution < -0.4 is 11.1 Å². The van der Waals surface area contributed by atoms with Gasteiger partial charge in [0.25, 0.3) is 0 Å². The summed E-state index contributed by atoms with van der Waals surface area (Å²) >= 11 is 0. The van der Waals surface area contributed by atoms with Gasteiger partial charge >= 0.3 is 0 Å². The molecule has 0 saturated carbocycles. The van der Waals surface area contributed by atoms with Gasteiger partial charge in [-0.05, 0) is 18.4 Å². The Balaban J connectivity index is 1.93. The summed E-state index contributed by atoms with van der Waals surface area (Å²) in [5.74, 6) is -0.374. The number of amides is 2. The zero-order valence-electron chi connectivity index (χ0n) is 14.6. The number of nitrogens with two attached hydrogens (primary N) is 1. The monoisotopic (exact) mass is 333 g/mol. The molecule has 0 aromatic heterocycles. The Hall–Kier alpha value is -1.92. The first-order valence-corrected chi connectivity index (χ1v) is 8.40. The number of carbonyl (C=O) groups excluding carboxylic acids is 2. The van der Waals surface area contributed by atoms with Crippen LogP contribution in [0.15, 0.2) is 30.3 Å². The summed E-state index contributed by atoms with van der Waals surface area (Å²) in [6.07, 6.45) is -0.200. The molecule has 1 fully saturated rings. The molecule has 3 atom stereocenters. The van der Waals surface area contributed by atoms with Crippen LogP contribution in [0.25, 0.3) is 0 Å². The number of hydrogen-bond donors (Lipinski definition) is 2. The molecule has 1 aliphatic rings. The molecule has 6 heteroatoms. The second-order valence-electron chi connectivity index (χ2n) is 6.63. The molecule has 1 aromatic rings. The Labute approximate surface area is 143 Å². The number of nitrogens with one attached hydrogen (secondary N) is 1. The molecular formula is C18H27N3O3. The lowest BCUT2D eigenvalue weighted by molar-refractivity contribution is -0.145. The van der Waals surface area contributed by atoms with Crippen molar-refractivity contribution in [1.29, 1.82) is 0 Å². The number of ether oxygens (including phenoxy) is 1. The molecule has 2 amide bonds. The third-order valence-electron chi connectivity index (χ3n) is 4.22. The summed E-state index contributed by atoms with van der Waals surface area (Å²) in [6, 6.07) is 9.25. The molecule has 0 aliphatic carbocycles. The van der Waals surface area contributed by atoms with Crippen molar-refractivity contribution >= 4 is 11.8 Å². The van der Waals surface area contributed by atoms with Crippen LogP contribution >= 0.6 is 0 Å². The Morgan fingerprint density at radius 3 is 2.58 bits per heavy atom. The number of rotatable bonds is 5. The van der Waals surface area contributed by atoms with Crippen molar-refractivity contribution in [2.75, 3.05) is 19.6 Å². The molecule has 24 heavy (non-hydrogen) atoms. The second kappa shape index (κ2) is 8.26. The fourth-order valence-electron chi connectivity index (χ4n) is 2.70. The normalized spacial score (nSPS) is 22.3. The molecule has 2 unspecified atom stereocenters. The van der Waals surface area contributed by atoms with Gasteiger partial charge in [-0.1, -0.05) is 44.2 Å². The summed E-state index contributed by atoms with van der Waals surface area (Å²) in [5, 5.41) is 2.63. The Morgan fingerprint density at radius 2 is 1.96 bits per heavy atom. The second-order valence-corrected chi connectivity index (χ2v) is 6.63. The highest BCUT2D eigenvalue weighted by Gasteiger charge is 2.29. The van der Waals surface area contributed by atoms with E-state index in [1.54, 1.807) is 4.90 Å². The van der Waals surface area contributed by atoms with E-state index in [0.717, 1.165) is 5.56 Å². The minimum Gasteiger partial charge on any atom is -0.367 e. The number of carbonyl (C=O) groups is 2. The van der Waals surface area contributed by atoms with E-state index in [1.165, 1.54) is 0 Å². The number of benzene rings is 1. The van der Waals surface area contributed by atoms with Gasteiger partial charge in [-0.2, -0.15) is 0 Å². The minimum absolute atomic E-state index is 0.0333. The van der Waals surface area contributed by atoms with Gasteiger partial charge in [0.05, 0.1) is 25.2 Å². The van der Waals surface area contributed by atoms with Crippen molar-refractivity contribution < 1.29 is 14.3 Å². The first-order chi connectivity index (χ1) is 11.4. The zero-order chi connectivity index (χ0) is 17.7. The van der Waals surface area contributed by atoms with E-state index in [-0.39, 0.29) is 36.5 Å². The van der Waals surface area contributed by atoms with Crippen molar-refractivity contribution in [2.45, 2.75) is 39.0 Å². The van der Waals surface area contributed by atoms with Gasteiger partial charge in [-0.25, -0.2) is 0 Å². The van der Waals surface area contributed by atoms with Crippen LogP contribution in [0.4, 0.5) is 0 Å². The van der Waals surface area contributed by atoms with Crippen LogP contribution in [0.2, 0.25) is 0 Å². The van der Waals surface area contributed by atoms with Gasteiger partial charge in [-0.3, -0.25) is 9.59 Å². The fraction of sp³-hybridized carbons (Fsp3) is 0.556. The van der Waals surface area contributed by atoms with Crippen LogP contribution in [0.5, 0.6) is 0 Å². The van der Waals surface area contributed by atoms with Gasteiger partial charge in [0.2, 0.25) is 11.8 Å². The van der Waals surface area contributed by atoms with Crippen LogP contribution in [0.3, 0.4) is 0 Å². The topological polar surface area (TPSA) is 84.7 Å². The summed E-state index contributed by atoms with van der Waals surface area (Å²) in [7, 11) is 0. The number of hydrogen-bond acceptors (Lipinski definition) is 4. The molecule has 6 nitrogen and oxygen atoms in total. The standard InChI is InChI=1S/C18H27N3O3/c1-12(2)17(19)18(23)20-9-16(22)21-10-13(3)24-15(11-21)14-7-5-4-6-8-14/h4-8,12-13,15,17H,9-11,19H2,1-3H3,(H,20,23)/t13?,15?,17-/m0/s1. The van der Waals surface area contributed by atoms with Crippen LogP contribution in [0.1, 0.15) is 32.4 Å². The summed E-state index contributed by atoms with van der Waals surface area (Å²) in [5.41, 5.74) is 6.84. The van der Waals surface area contributed by atoms with Crippen molar-refractivity contribution in [2.24, 2.45) is 11.7 Å². The minimum atomic E-state index is -0.599. The van der Waals surface area contributed by atoms with Crippen molar-refractivity contribution in [1.82, 2.24) is 10.2 Å². The van der Waals surface area contributed by atoms with E-state index in [0.29, 0.717) is 13.1 Å². The molecule has 0 bridgehead atoms. The highest BCUT2D eigenvalue weighted by Crippen LogP contribution is 2.24. The van der Waals surface area contributed by atoms with Gasteiger partial charge in [0.15, 0.2) is 0 Å². The van der Waals surface area contributed by atoms with Gasteiger partial charge in [-0.15, -0.1) is 0 Å². The summed E-state index contributed by atoms with van der Waals surface area (Å²) < 4.78 is 5.95. The third-order valence-corrected chi connectivity index (χ3v) is 4.22. The largest absolute Gasteiger partial charge is 0.367 e. The van der Waals surface area contributed by atoms with E-state index < -0.39 is 6.04 Å². The van der Waals surface area contributed by atoms with Crippen LogP contribution in [-0.2, 0) is 14.3 Å². The average Bonchev–Trinajstić information content (AvgIpc) is 2.58. The number of morpholine rings is 1. The smallest absolute Gasteiger partial charge is 0.242 e. The Morgan fingerprint density at radius 1 is 1.29 bits per heavy atom. The SMILES string of the molecule is CC1CN(C(=O)CNC(=O)[C@@H](N)C(C)C)CC(c2ccccc2)O1. The van der Waals surface area contributed by atoms with Crippen molar-refractivity contribution in [3.8, 4) is 0 Å². The lowest BCUT2D eigenvalue weighted by Gasteiger charge is -2.37. The van der Waals surface area contributed by atoms with E-state index in [4.69, 9.17) is 10.5 Å². The Bertz CT molecular complexity index is 562. The Kier molecular flexibility index (Phi) is 6.34. The maximum Gasteiger partial charge on any atom is 0.242 e. The van der Waals surface area contributed by atoms with E-state index in [1.807, 2.05) is 51.1 Å². The molecule has 0 radical (unpaired) electrons. The van der Waals surface area contributed by atoms with Crippen molar-refractivity contribution in [3.05, 3.63) is 35.9 Å². The van der Waals surface area contributed by atoms with E-state index >= 15 is 0 Å². The molecular weight excluding hydrogens is 306 g/mol. The predicted octanol–water partition coefficient (Wildman–Crippen LogP) is 1.07. The number of nitrogens with zero attached hydrogens (tertiary/aromatic N) is 1. The van der Waals surface area contributed by atoms with Gasteiger partial charge in [0, 0.05) is 6.54 Å². The lowest BCUT2D eigenvalue weighted by atomic mass is 10.1. The highest BCUT2D eigenvalue weighted by atomic mass is 16.5. The van der Waals surface area contributed by atoms with E-state index in [9.17, 15) is 9.59 Å². The van der Waals surface area contributed by atoms with Gasteiger partial charge in [0.1, 0.15) is 6.10 Å². The average molecular weight is 333 g/mol. The highest BCUT2D eigenvalue weighted by molar-refractivity contribution is 5.87. The first kappa shape index (κ1) is 18.4. The molecule has 3 N–H and O–H groups in total. The van der Waals surface area contributed by atoms with Crippen LogP contribution in [0, 0.1) is 5.92 Å². The van der Waals surface area contributed by atoms with Gasteiger partial charge < -0.3 is 20.7 Å². The first-order valence-electron chi connectivity index (χ1n) is 8.40. The molecule has 1 aromatic carbocycles. The molecule has 1 saturated heterocycles. The van der Waals surface area contributed by atoms with Crippen LogP contribution in [-0.4, -0.2) is 48.5 Å². The maximum atomic E-state index is 12.4. The maximum absolute atomic E-state index is 12.4. The summed E-state index contributed by atoms with van der Waals surface area (Å²) in [6.45, 7) is 6.67. The molecule has 1 aliphatic heterocycles. The fourth-order valence-corrected chi connectivity index (χ4v) is 2.70. The molecule has 132 valence electrons. The summed E-state index contributed by atoms with van der Waals surface area (Å²) in [4.78, 5) is 26.1. The van der Waals surface area contributed by atoms with E-state index in [2.05, 4.69) is 5.32 Å². The molecule has 0 spiro atoms. The molecule has 1 heterocycles. The molecule has 2 rings (SSSR count). The quantitative estimate of drug-likeness (QED) is 0.844.